The zero-order chi connectivity index (χ0) is 22.5. The first-order valence-corrected chi connectivity index (χ1v) is 10.4. The smallest absolute Gasteiger partial charge is 0.246 e. The van der Waals surface area contributed by atoms with E-state index in [1.807, 2.05) is 33.0 Å². The van der Waals surface area contributed by atoms with Crippen LogP contribution < -0.4 is 15.8 Å². The van der Waals surface area contributed by atoms with Gasteiger partial charge in [0.15, 0.2) is 0 Å². The molecule has 0 fully saturated rings. The lowest BCUT2D eigenvalue weighted by Crippen LogP contribution is -2.40. The van der Waals surface area contributed by atoms with E-state index in [2.05, 4.69) is 37.6 Å². The number of carbonyl (C=O) groups is 2. The third kappa shape index (κ3) is 9.31. The fourth-order valence-electron chi connectivity index (χ4n) is 2.68. The van der Waals surface area contributed by atoms with Gasteiger partial charge in [0.05, 0.1) is 12.5 Å². The fraction of sp³-hybridized carbons (Fsp3) is 0.737. The molecule has 0 spiro atoms. The molecule has 11 heteroatoms. The Balaban J connectivity index is 2.82. The summed E-state index contributed by atoms with van der Waals surface area (Å²) in [6.07, 6.45) is 4.29. The maximum absolute atomic E-state index is 12.6. The van der Waals surface area contributed by atoms with Crippen molar-refractivity contribution in [3.05, 3.63) is 5.82 Å². The Labute approximate surface area is 178 Å². The number of rotatable bonds is 15. The van der Waals surface area contributed by atoms with Crippen molar-refractivity contribution in [2.24, 2.45) is 5.92 Å². The molecule has 0 radical (unpaired) electrons. The summed E-state index contributed by atoms with van der Waals surface area (Å²) in [6, 6.07) is 0. The molecule has 0 bridgehead atoms. The van der Waals surface area contributed by atoms with Crippen LogP contribution in [0.5, 0.6) is 0 Å². The summed E-state index contributed by atoms with van der Waals surface area (Å²) >= 11 is 0. The monoisotopic (exact) mass is 424 g/mol. The Bertz CT molecular complexity index is 659. The van der Waals surface area contributed by atoms with Crippen LogP contribution in [0.25, 0.3) is 0 Å². The van der Waals surface area contributed by atoms with Gasteiger partial charge in [-0.05, 0) is 20.5 Å². The van der Waals surface area contributed by atoms with Gasteiger partial charge < -0.3 is 9.80 Å². The number of hydrazine groups is 1. The van der Waals surface area contributed by atoms with Gasteiger partial charge in [-0.1, -0.05) is 33.1 Å². The van der Waals surface area contributed by atoms with Gasteiger partial charge >= 0.3 is 0 Å². The van der Waals surface area contributed by atoms with Crippen molar-refractivity contribution >= 4 is 24.2 Å². The Morgan fingerprint density at radius 1 is 1.13 bits per heavy atom. The van der Waals surface area contributed by atoms with Crippen LogP contribution in [0.4, 0.5) is 11.9 Å². The first-order chi connectivity index (χ1) is 14.3. The normalized spacial score (nSPS) is 11.8. The molecule has 1 rings (SSSR count). The quantitative estimate of drug-likeness (QED) is 0.163. The molecule has 0 aliphatic heterocycles. The highest BCUT2D eigenvalue weighted by Crippen LogP contribution is 2.13. The second-order valence-electron chi connectivity index (χ2n) is 7.49. The average molecular weight is 425 g/mol. The first kappa shape index (κ1) is 25.5. The molecule has 1 aromatic rings. The highest BCUT2D eigenvalue weighted by atomic mass is 16.5. The number of aryl methyl sites for hydroxylation is 1. The molecule has 30 heavy (non-hydrogen) atoms. The summed E-state index contributed by atoms with van der Waals surface area (Å²) in [6.45, 7) is 5.52. The molecule has 3 N–H and O–H groups in total. The first-order valence-electron chi connectivity index (χ1n) is 10.4. The second kappa shape index (κ2) is 13.6. The van der Waals surface area contributed by atoms with Crippen molar-refractivity contribution in [1.29, 1.82) is 0 Å². The van der Waals surface area contributed by atoms with Crippen molar-refractivity contribution in [2.45, 2.75) is 46.0 Å². The minimum atomic E-state index is -0.547. The maximum Gasteiger partial charge on any atom is 0.246 e. The molecule has 1 atom stereocenters. The van der Waals surface area contributed by atoms with E-state index >= 15 is 0 Å². The highest BCUT2D eigenvalue weighted by Gasteiger charge is 2.21. The second-order valence-corrected chi connectivity index (χ2v) is 7.49. The zero-order valence-corrected chi connectivity index (χ0v) is 18.8. The van der Waals surface area contributed by atoms with Crippen molar-refractivity contribution in [1.82, 2.24) is 30.3 Å². The molecule has 0 saturated carbocycles. The molecular weight excluding hydrogens is 388 g/mol. The Morgan fingerprint density at radius 3 is 2.47 bits per heavy atom. The summed E-state index contributed by atoms with van der Waals surface area (Å²) in [4.78, 5) is 40.5. The number of nitrogens with one attached hydrogen (secondary N) is 2. The molecule has 170 valence electrons. The zero-order valence-electron chi connectivity index (χ0n) is 18.8. The van der Waals surface area contributed by atoms with E-state index in [-0.39, 0.29) is 18.4 Å². The lowest BCUT2D eigenvalue weighted by atomic mass is 10.0. The van der Waals surface area contributed by atoms with E-state index in [0.717, 1.165) is 32.4 Å². The van der Waals surface area contributed by atoms with Crippen molar-refractivity contribution in [2.75, 3.05) is 51.1 Å². The van der Waals surface area contributed by atoms with Gasteiger partial charge in [-0.25, -0.2) is 5.06 Å². The van der Waals surface area contributed by atoms with Crippen molar-refractivity contribution in [3.63, 3.8) is 0 Å². The van der Waals surface area contributed by atoms with Gasteiger partial charge in [-0.2, -0.15) is 15.0 Å². The SMILES string of the molecule is CCCCCC(CN(O)C=O)C(=O)NNc1nc(CC)nc(N(C)CCN(C)C)n1. The molecule has 11 nitrogen and oxygen atoms in total. The number of amides is 2. The lowest BCUT2D eigenvalue weighted by Gasteiger charge is -2.21. The standard InChI is InChI=1S/C19H36N8O3/c1-6-8-9-10-15(13-27(30)14-28)17(29)23-24-18-20-16(7-2)21-19(22-18)26(5)12-11-25(3)4/h14-15,30H,6-13H2,1-5H3,(H,23,29)(H,20,21,22,24). The van der Waals surface area contributed by atoms with Crippen LogP contribution in [-0.2, 0) is 16.0 Å². The van der Waals surface area contributed by atoms with Crippen molar-refractivity contribution < 1.29 is 14.8 Å². The minimum Gasteiger partial charge on any atom is -0.342 e. The van der Waals surface area contributed by atoms with Gasteiger partial charge in [0, 0.05) is 26.6 Å². The predicted molar refractivity (Wildman–Crippen MR) is 115 cm³/mol. The molecule has 1 heterocycles. The van der Waals surface area contributed by atoms with E-state index in [9.17, 15) is 14.8 Å². The summed E-state index contributed by atoms with van der Waals surface area (Å²) in [5.74, 6) is 0.477. The molecule has 0 aromatic carbocycles. The number of hydroxylamine groups is 2. The van der Waals surface area contributed by atoms with Crippen molar-refractivity contribution in [3.8, 4) is 0 Å². The van der Waals surface area contributed by atoms with Gasteiger partial charge in [-0.15, -0.1) is 0 Å². The average Bonchev–Trinajstić information content (AvgIpc) is 2.74. The Morgan fingerprint density at radius 2 is 1.87 bits per heavy atom. The van der Waals surface area contributed by atoms with E-state index in [0.29, 0.717) is 36.1 Å². The third-order valence-electron chi connectivity index (χ3n) is 4.56. The number of anilines is 2. The number of unbranched alkanes of at least 4 members (excludes halogenated alkanes) is 2. The maximum atomic E-state index is 12.6. The molecule has 0 aliphatic carbocycles. The molecule has 2 amide bonds. The summed E-state index contributed by atoms with van der Waals surface area (Å²) in [7, 11) is 5.90. The van der Waals surface area contributed by atoms with Gasteiger partial charge in [0.1, 0.15) is 5.82 Å². The van der Waals surface area contributed by atoms with E-state index < -0.39 is 5.92 Å². The van der Waals surface area contributed by atoms with Crippen LogP contribution in [0.3, 0.4) is 0 Å². The summed E-state index contributed by atoms with van der Waals surface area (Å²) < 4.78 is 0. The number of likely N-dealkylation sites (N-methyl/N-ethyl adjacent to an activating group) is 2. The molecule has 1 aromatic heterocycles. The van der Waals surface area contributed by atoms with Gasteiger partial charge in [0.2, 0.25) is 24.2 Å². The predicted octanol–water partition coefficient (Wildman–Crippen LogP) is 0.919. The molecular formula is C19H36N8O3. The largest absolute Gasteiger partial charge is 0.342 e. The van der Waals surface area contributed by atoms with Gasteiger partial charge in [-0.3, -0.25) is 25.6 Å². The van der Waals surface area contributed by atoms with Crippen LogP contribution in [0, 0.1) is 5.92 Å². The fourth-order valence-corrected chi connectivity index (χ4v) is 2.68. The Hall–Kier alpha value is -2.53. The van der Waals surface area contributed by atoms with Crippen LogP contribution in [0.1, 0.15) is 45.4 Å². The number of aromatic nitrogens is 3. The molecule has 0 saturated heterocycles. The third-order valence-corrected chi connectivity index (χ3v) is 4.56. The van der Waals surface area contributed by atoms with E-state index in [1.165, 1.54) is 0 Å². The van der Waals surface area contributed by atoms with E-state index in [1.54, 1.807) is 0 Å². The summed E-state index contributed by atoms with van der Waals surface area (Å²) in [5, 5.41) is 9.99. The molecule has 1 unspecified atom stereocenters. The van der Waals surface area contributed by atoms with E-state index in [4.69, 9.17) is 0 Å². The van der Waals surface area contributed by atoms with Crippen LogP contribution in [0.2, 0.25) is 0 Å². The Kier molecular flexibility index (Phi) is 11.6. The topological polar surface area (TPSA) is 127 Å². The van der Waals surface area contributed by atoms with Crippen LogP contribution >= 0.6 is 0 Å². The van der Waals surface area contributed by atoms with Crippen LogP contribution in [0.15, 0.2) is 0 Å². The van der Waals surface area contributed by atoms with Crippen LogP contribution in [-0.4, -0.2) is 83.2 Å². The summed E-state index contributed by atoms with van der Waals surface area (Å²) in [5.41, 5.74) is 5.36. The molecule has 0 aliphatic rings. The number of hydrogen-bond acceptors (Lipinski definition) is 9. The highest BCUT2D eigenvalue weighted by molar-refractivity contribution is 5.80. The number of hydrogen-bond donors (Lipinski definition) is 3. The lowest BCUT2D eigenvalue weighted by molar-refractivity contribution is -0.154. The minimum absolute atomic E-state index is 0.0728. The number of carbonyl (C=O) groups excluding carboxylic acids is 2. The number of nitrogens with zero attached hydrogens (tertiary/aromatic N) is 6. The van der Waals surface area contributed by atoms with Gasteiger partial charge in [0.25, 0.3) is 0 Å².